The van der Waals surface area contributed by atoms with Crippen molar-refractivity contribution in [1.29, 1.82) is 0 Å². The average Bonchev–Trinajstić information content (AvgIpc) is 2.46. The second-order valence-electron chi connectivity index (χ2n) is 6.01. The van der Waals surface area contributed by atoms with Crippen molar-refractivity contribution in [2.24, 2.45) is 0 Å². The lowest BCUT2D eigenvalue weighted by molar-refractivity contribution is -0.904. The summed E-state index contributed by atoms with van der Waals surface area (Å²) in [5.74, 6) is 0.829. The Morgan fingerprint density at radius 1 is 1.11 bits per heavy atom. The minimum atomic E-state index is 0.299. The topological polar surface area (TPSA) is 21.5 Å². The highest BCUT2D eigenvalue weighted by Crippen LogP contribution is 2.15. The van der Waals surface area contributed by atoms with Gasteiger partial charge in [0.25, 0.3) is 0 Å². The largest absolute Gasteiger partial charge is 0.335 e. The highest BCUT2D eigenvalue weighted by atomic mass is 16.1. The molecule has 1 N–H and O–H groups in total. The summed E-state index contributed by atoms with van der Waals surface area (Å²) in [4.78, 5) is 13.8. The molecule has 0 amide bonds. The van der Waals surface area contributed by atoms with Gasteiger partial charge in [-0.1, -0.05) is 38.1 Å². The van der Waals surface area contributed by atoms with Gasteiger partial charge in [0.05, 0.1) is 26.1 Å². The number of hydrogen-bond acceptors (Lipinski definition) is 1. The summed E-state index contributed by atoms with van der Waals surface area (Å²) in [5.41, 5.74) is 2.18. The van der Waals surface area contributed by atoms with Crippen LogP contribution in [0, 0.1) is 0 Å². The number of nitrogens with one attached hydrogen (secondary N) is 1. The van der Waals surface area contributed by atoms with Crippen molar-refractivity contribution in [3.8, 4) is 0 Å². The lowest BCUT2D eigenvalue weighted by atomic mass is 9.99. The molecular weight excluding hydrogens is 234 g/mol. The predicted molar refractivity (Wildman–Crippen MR) is 78.9 cm³/mol. The average molecular weight is 260 g/mol. The fourth-order valence-corrected chi connectivity index (χ4v) is 2.79. The van der Waals surface area contributed by atoms with E-state index in [1.54, 1.807) is 4.90 Å². The lowest BCUT2D eigenvalue weighted by Crippen LogP contribution is -3.12. The summed E-state index contributed by atoms with van der Waals surface area (Å²) in [6.07, 6.45) is 4.71. The molecule has 0 aromatic heterocycles. The number of ketones is 1. The zero-order valence-electron chi connectivity index (χ0n) is 12.2. The van der Waals surface area contributed by atoms with Crippen LogP contribution in [0.3, 0.4) is 0 Å². The summed E-state index contributed by atoms with van der Waals surface area (Å²) in [5, 5.41) is 0. The number of rotatable bonds is 5. The molecule has 1 heterocycles. The summed E-state index contributed by atoms with van der Waals surface area (Å²) in [6.45, 7) is 7.86. The molecule has 0 saturated carbocycles. The standard InChI is InChI=1S/C17H25NO/c1-14(2)15-6-8-16(9-7-15)17(19)10-13-18-11-4-3-5-12-18/h6-9,14H,3-5,10-13H2,1-2H3/p+1. The Kier molecular flexibility index (Phi) is 5.15. The lowest BCUT2D eigenvalue weighted by Gasteiger charge is -2.23. The Balaban J connectivity index is 1.85. The molecular formula is C17H26NO+. The van der Waals surface area contributed by atoms with E-state index in [0.29, 0.717) is 18.1 Å². The van der Waals surface area contributed by atoms with Gasteiger partial charge in [-0.3, -0.25) is 4.79 Å². The first-order chi connectivity index (χ1) is 9.16. The van der Waals surface area contributed by atoms with Crippen molar-refractivity contribution in [3.63, 3.8) is 0 Å². The first kappa shape index (κ1) is 14.3. The molecule has 0 spiro atoms. The predicted octanol–water partition coefficient (Wildman–Crippen LogP) is 2.45. The van der Waals surface area contributed by atoms with Gasteiger partial charge in [-0.05, 0) is 30.7 Å². The molecule has 0 unspecified atom stereocenters. The van der Waals surface area contributed by atoms with Crippen LogP contribution in [-0.4, -0.2) is 25.4 Å². The zero-order chi connectivity index (χ0) is 13.7. The van der Waals surface area contributed by atoms with E-state index >= 15 is 0 Å². The van der Waals surface area contributed by atoms with Crippen molar-refractivity contribution in [3.05, 3.63) is 35.4 Å². The van der Waals surface area contributed by atoms with Crippen molar-refractivity contribution in [2.75, 3.05) is 19.6 Å². The summed E-state index contributed by atoms with van der Waals surface area (Å²) < 4.78 is 0. The van der Waals surface area contributed by atoms with Gasteiger partial charge in [0, 0.05) is 5.56 Å². The van der Waals surface area contributed by atoms with Crippen LogP contribution in [0.1, 0.15) is 61.4 Å². The maximum atomic E-state index is 12.2. The van der Waals surface area contributed by atoms with Crippen LogP contribution in [0.4, 0.5) is 0 Å². The van der Waals surface area contributed by atoms with E-state index in [1.807, 2.05) is 12.1 Å². The third kappa shape index (κ3) is 4.17. The number of Topliss-reactive ketones (excluding diaryl/α,β-unsaturated/α-hetero) is 1. The Labute approximate surface area is 116 Å². The molecule has 1 aromatic carbocycles. The van der Waals surface area contributed by atoms with Crippen LogP contribution in [0.5, 0.6) is 0 Å². The first-order valence-electron chi connectivity index (χ1n) is 7.63. The number of quaternary nitrogens is 1. The minimum Gasteiger partial charge on any atom is -0.335 e. The fraction of sp³-hybridized carbons (Fsp3) is 0.588. The Bertz CT molecular complexity index is 402. The molecule has 1 aromatic rings. The molecule has 19 heavy (non-hydrogen) atoms. The summed E-state index contributed by atoms with van der Waals surface area (Å²) >= 11 is 0. The van der Waals surface area contributed by atoms with Gasteiger partial charge < -0.3 is 4.90 Å². The fourth-order valence-electron chi connectivity index (χ4n) is 2.79. The third-order valence-electron chi connectivity index (χ3n) is 4.17. The van der Waals surface area contributed by atoms with Gasteiger partial charge >= 0.3 is 0 Å². The van der Waals surface area contributed by atoms with Crippen LogP contribution in [-0.2, 0) is 0 Å². The van der Waals surface area contributed by atoms with Gasteiger partial charge in [-0.25, -0.2) is 0 Å². The molecule has 0 aliphatic carbocycles. The number of hydrogen-bond donors (Lipinski definition) is 1. The van der Waals surface area contributed by atoms with Gasteiger partial charge in [-0.2, -0.15) is 0 Å². The Hall–Kier alpha value is -1.15. The molecule has 2 rings (SSSR count). The van der Waals surface area contributed by atoms with Gasteiger partial charge in [0.1, 0.15) is 0 Å². The van der Waals surface area contributed by atoms with Crippen LogP contribution in [0.25, 0.3) is 0 Å². The number of piperidine rings is 1. The van der Waals surface area contributed by atoms with Crippen LogP contribution in [0.2, 0.25) is 0 Å². The second-order valence-corrected chi connectivity index (χ2v) is 6.01. The molecule has 0 radical (unpaired) electrons. The second kappa shape index (κ2) is 6.85. The van der Waals surface area contributed by atoms with Crippen molar-refractivity contribution < 1.29 is 9.69 Å². The van der Waals surface area contributed by atoms with Crippen LogP contribution < -0.4 is 4.90 Å². The Morgan fingerprint density at radius 2 is 1.74 bits per heavy atom. The maximum Gasteiger partial charge on any atom is 0.168 e. The van der Waals surface area contributed by atoms with Crippen LogP contribution >= 0.6 is 0 Å². The smallest absolute Gasteiger partial charge is 0.168 e. The number of benzene rings is 1. The van der Waals surface area contributed by atoms with Crippen molar-refractivity contribution >= 4 is 5.78 Å². The molecule has 2 heteroatoms. The van der Waals surface area contributed by atoms with E-state index in [4.69, 9.17) is 0 Å². The van der Waals surface area contributed by atoms with E-state index < -0.39 is 0 Å². The summed E-state index contributed by atoms with van der Waals surface area (Å²) in [6, 6.07) is 8.16. The van der Waals surface area contributed by atoms with Crippen molar-refractivity contribution in [2.45, 2.75) is 45.4 Å². The highest BCUT2D eigenvalue weighted by Gasteiger charge is 2.15. The van der Waals surface area contributed by atoms with E-state index in [0.717, 1.165) is 12.1 Å². The summed E-state index contributed by atoms with van der Waals surface area (Å²) in [7, 11) is 0. The van der Waals surface area contributed by atoms with Crippen LogP contribution in [0.15, 0.2) is 24.3 Å². The van der Waals surface area contributed by atoms with E-state index in [9.17, 15) is 4.79 Å². The SMILES string of the molecule is CC(C)c1ccc(C(=O)CC[NH+]2CCCCC2)cc1. The molecule has 1 aliphatic heterocycles. The van der Waals surface area contributed by atoms with E-state index in [-0.39, 0.29) is 0 Å². The normalized spacial score (nSPS) is 16.8. The Morgan fingerprint density at radius 3 is 2.32 bits per heavy atom. The molecule has 0 bridgehead atoms. The monoisotopic (exact) mass is 260 g/mol. The zero-order valence-corrected chi connectivity index (χ0v) is 12.2. The van der Waals surface area contributed by atoms with E-state index in [1.165, 1.54) is 37.9 Å². The quantitative estimate of drug-likeness (QED) is 0.807. The first-order valence-corrected chi connectivity index (χ1v) is 7.63. The van der Waals surface area contributed by atoms with Gasteiger partial charge in [0.15, 0.2) is 5.78 Å². The maximum absolute atomic E-state index is 12.2. The molecule has 0 atom stereocenters. The molecule has 1 fully saturated rings. The molecule has 2 nitrogen and oxygen atoms in total. The number of carbonyl (C=O) groups is 1. The molecule has 1 saturated heterocycles. The van der Waals surface area contributed by atoms with E-state index in [2.05, 4.69) is 26.0 Å². The van der Waals surface area contributed by atoms with Crippen molar-refractivity contribution in [1.82, 2.24) is 0 Å². The van der Waals surface area contributed by atoms with Gasteiger partial charge in [-0.15, -0.1) is 0 Å². The van der Waals surface area contributed by atoms with Gasteiger partial charge in [0.2, 0.25) is 0 Å². The molecule has 104 valence electrons. The highest BCUT2D eigenvalue weighted by molar-refractivity contribution is 5.96. The number of likely N-dealkylation sites (tertiary alicyclic amines) is 1. The number of carbonyl (C=O) groups excluding carboxylic acids is 1. The minimum absolute atomic E-state index is 0.299. The molecule has 1 aliphatic rings. The third-order valence-corrected chi connectivity index (χ3v) is 4.17.